The molecule has 8 nitrogen and oxygen atoms in total. The number of hydrogen-bond donors (Lipinski definition) is 1. The van der Waals surface area contributed by atoms with Crippen molar-refractivity contribution >= 4 is 11.6 Å². The first-order chi connectivity index (χ1) is 14.5. The highest BCUT2D eigenvalue weighted by Crippen LogP contribution is 2.21. The van der Waals surface area contributed by atoms with Crippen LogP contribution < -0.4 is 5.32 Å². The SMILES string of the molecule is CCCc1noc(-c2ccnc(-n3ncc(C(=O)Nc4cccc(C)c4)c3C)c2)n1. The van der Waals surface area contributed by atoms with E-state index in [9.17, 15) is 4.79 Å². The number of pyridine rings is 1. The fourth-order valence-corrected chi connectivity index (χ4v) is 3.15. The van der Waals surface area contributed by atoms with E-state index in [0.717, 1.165) is 29.7 Å². The molecule has 3 aromatic heterocycles. The van der Waals surface area contributed by atoms with E-state index in [1.165, 1.54) is 0 Å². The van der Waals surface area contributed by atoms with Crippen molar-refractivity contribution in [3.05, 3.63) is 71.4 Å². The molecule has 30 heavy (non-hydrogen) atoms. The lowest BCUT2D eigenvalue weighted by Crippen LogP contribution is -2.13. The van der Waals surface area contributed by atoms with Crippen LogP contribution in [0, 0.1) is 13.8 Å². The molecule has 1 amide bonds. The molecule has 0 fully saturated rings. The first-order valence-electron chi connectivity index (χ1n) is 9.77. The van der Waals surface area contributed by atoms with Crippen LogP contribution in [0.3, 0.4) is 0 Å². The van der Waals surface area contributed by atoms with Gasteiger partial charge < -0.3 is 9.84 Å². The smallest absolute Gasteiger partial charge is 0.259 e. The van der Waals surface area contributed by atoms with E-state index < -0.39 is 0 Å². The zero-order chi connectivity index (χ0) is 21.1. The van der Waals surface area contributed by atoms with Crippen LogP contribution >= 0.6 is 0 Å². The number of nitrogens with zero attached hydrogens (tertiary/aromatic N) is 5. The molecule has 0 atom stereocenters. The summed E-state index contributed by atoms with van der Waals surface area (Å²) in [5.74, 6) is 1.46. The third-order valence-corrected chi connectivity index (χ3v) is 4.68. The largest absolute Gasteiger partial charge is 0.334 e. The lowest BCUT2D eigenvalue weighted by atomic mass is 10.2. The lowest BCUT2D eigenvalue weighted by molar-refractivity contribution is 0.102. The van der Waals surface area contributed by atoms with E-state index in [1.807, 2.05) is 44.2 Å². The zero-order valence-corrected chi connectivity index (χ0v) is 17.1. The van der Waals surface area contributed by atoms with E-state index in [-0.39, 0.29) is 5.91 Å². The number of aromatic nitrogens is 5. The summed E-state index contributed by atoms with van der Waals surface area (Å²) >= 11 is 0. The average Bonchev–Trinajstić information content (AvgIpc) is 3.35. The molecule has 152 valence electrons. The monoisotopic (exact) mass is 402 g/mol. The Balaban J connectivity index is 1.59. The predicted octanol–water partition coefficient (Wildman–Crippen LogP) is 4.14. The van der Waals surface area contributed by atoms with Crippen LogP contribution in [0.1, 0.15) is 40.8 Å². The van der Waals surface area contributed by atoms with Gasteiger partial charge in [-0.2, -0.15) is 10.1 Å². The van der Waals surface area contributed by atoms with Gasteiger partial charge in [-0.1, -0.05) is 24.2 Å². The van der Waals surface area contributed by atoms with Gasteiger partial charge in [0, 0.05) is 23.9 Å². The normalized spacial score (nSPS) is 10.9. The van der Waals surface area contributed by atoms with Gasteiger partial charge in [0.2, 0.25) is 0 Å². The van der Waals surface area contributed by atoms with E-state index in [2.05, 4.69) is 32.5 Å². The predicted molar refractivity (Wildman–Crippen MR) is 113 cm³/mol. The fraction of sp³-hybridized carbons (Fsp3) is 0.227. The van der Waals surface area contributed by atoms with Gasteiger partial charge in [0.05, 0.1) is 17.5 Å². The summed E-state index contributed by atoms with van der Waals surface area (Å²) in [6.07, 6.45) is 4.91. The van der Waals surface area contributed by atoms with Crippen LogP contribution in [0.25, 0.3) is 17.3 Å². The maximum Gasteiger partial charge on any atom is 0.259 e. The Morgan fingerprint density at radius 2 is 2.07 bits per heavy atom. The van der Waals surface area contributed by atoms with Crippen molar-refractivity contribution in [1.82, 2.24) is 24.9 Å². The van der Waals surface area contributed by atoms with Crippen LogP contribution in [0.4, 0.5) is 5.69 Å². The number of anilines is 1. The first-order valence-corrected chi connectivity index (χ1v) is 9.77. The second kappa shape index (κ2) is 8.28. The number of aryl methyl sites for hydroxylation is 2. The molecular formula is C22H22N6O2. The van der Waals surface area contributed by atoms with Crippen molar-refractivity contribution in [2.45, 2.75) is 33.6 Å². The molecule has 4 rings (SSSR count). The second-order valence-corrected chi connectivity index (χ2v) is 7.05. The van der Waals surface area contributed by atoms with Crippen LogP contribution in [0.2, 0.25) is 0 Å². The van der Waals surface area contributed by atoms with E-state index in [1.54, 1.807) is 23.1 Å². The molecule has 0 saturated carbocycles. The minimum absolute atomic E-state index is 0.221. The van der Waals surface area contributed by atoms with E-state index >= 15 is 0 Å². The lowest BCUT2D eigenvalue weighted by Gasteiger charge is -2.07. The minimum atomic E-state index is -0.221. The fourth-order valence-electron chi connectivity index (χ4n) is 3.15. The van der Waals surface area contributed by atoms with Crippen molar-refractivity contribution in [3.8, 4) is 17.3 Å². The number of benzene rings is 1. The number of carbonyl (C=O) groups excluding carboxylic acids is 1. The van der Waals surface area contributed by atoms with E-state index in [4.69, 9.17) is 4.52 Å². The number of rotatable bonds is 6. The molecule has 0 radical (unpaired) electrons. The molecule has 0 spiro atoms. The van der Waals surface area contributed by atoms with Crippen molar-refractivity contribution < 1.29 is 9.32 Å². The Labute approximate surface area is 174 Å². The minimum Gasteiger partial charge on any atom is -0.334 e. The maximum atomic E-state index is 12.7. The van der Waals surface area contributed by atoms with E-state index in [0.29, 0.717) is 28.8 Å². The summed E-state index contributed by atoms with van der Waals surface area (Å²) in [6, 6.07) is 11.3. The summed E-state index contributed by atoms with van der Waals surface area (Å²) in [5, 5.41) is 11.3. The van der Waals surface area contributed by atoms with Gasteiger partial charge in [-0.05, 0) is 50.1 Å². The number of hydrogen-bond acceptors (Lipinski definition) is 6. The quantitative estimate of drug-likeness (QED) is 0.520. The van der Waals surface area contributed by atoms with Crippen LogP contribution in [0.15, 0.2) is 53.3 Å². The molecule has 0 aliphatic heterocycles. The third-order valence-electron chi connectivity index (χ3n) is 4.68. The van der Waals surface area contributed by atoms with Gasteiger partial charge in [-0.25, -0.2) is 9.67 Å². The Bertz CT molecular complexity index is 1190. The van der Waals surface area contributed by atoms with Crippen LogP contribution in [0.5, 0.6) is 0 Å². The molecule has 1 N–H and O–H groups in total. The third kappa shape index (κ3) is 3.98. The topological polar surface area (TPSA) is 98.7 Å². The van der Waals surface area contributed by atoms with Crippen LogP contribution in [-0.2, 0) is 6.42 Å². The Kier molecular flexibility index (Phi) is 5.38. The maximum absolute atomic E-state index is 12.7. The Morgan fingerprint density at radius 1 is 1.20 bits per heavy atom. The number of nitrogens with one attached hydrogen (secondary N) is 1. The molecule has 0 saturated heterocycles. The van der Waals surface area contributed by atoms with Gasteiger partial charge in [-0.15, -0.1) is 0 Å². The first kappa shape index (κ1) is 19.5. The summed E-state index contributed by atoms with van der Waals surface area (Å²) in [5.41, 5.74) is 3.72. The van der Waals surface area contributed by atoms with Crippen molar-refractivity contribution in [2.75, 3.05) is 5.32 Å². The summed E-state index contributed by atoms with van der Waals surface area (Å²) < 4.78 is 6.98. The molecule has 0 aliphatic rings. The molecule has 4 aromatic rings. The Morgan fingerprint density at radius 3 is 2.87 bits per heavy atom. The summed E-state index contributed by atoms with van der Waals surface area (Å²) in [7, 11) is 0. The number of amides is 1. The van der Waals surface area contributed by atoms with Gasteiger partial charge in [0.25, 0.3) is 11.8 Å². The standard InChI is InChI=1S/C22H22N6O2/c1-4-6-19-26-22(30-27-19)16-9-10-23-20(12-16)28-15(3)18(13-24-28)21(29)25-17-8-5-7-14(2)11-17/h5,7-13H,4,6H2,1-3H3,(H,25,29). The Hall–Kier alpha value is -3.81. The van der Waals surface area contributed by atoms with Crippen molar-refractivity contribution in [3.63, 3.8) is 0 Å². The average molecular weight is 402 g/mol. The highest BCUT2D eigenvalue weighted by atomic mass is 16.5. The number of carbonyl (C=O) groups is 1. The van der Waals surface area contributed by atoms with Crippen molar-refractivity contribution in [2.24, 2.45) is 0 Å². The highest BCUT2D eigenvalue weighted by Gasteiger charge is 2.17. The molecule has 3 heterocycles. The molecule has 0 unspecified atom stereocenters. The van der Waals surface area contributed by atoms with Gasteiger partial charge in [0.15, 0.2) is 11.6 Å². The summed E-state index contributed by atoms with van der Waals surface area (Å²) in [6.45, 7) is 5.87. The molecule has 0 bridgehead atoms. The van der Waals surface area contributed by atoms with Crippen molar-refractivity contribution in [1.29, 1.82) is 0 Å². The highest BCUT2D eigenvalue weighted by molar-refractivity contribution is 6.05. The van der Waals surface area contributed by atoms with Gasteiger partial charge >= 0.3 is 0 Å². The zero-order valence-electron chi connectivity index (χ0n) is 17.1. The molecule has 8 heteroatoms. The second-order valence-electron chi connectivity index (χ2n) is 7.05. The van der Waals surface area contributed by atoms with Gasteiger partial charge in [-0.3, -0.25) is 4.79 Å². The molecule has 0 aliphatic carbocycles. The molecular weight excluding hydrogens is 380 g/mol. The van der Waals surface area contributed by atoms with Crippen LogP contribution in [-0.4, -0.2) is 30.8 Å². The summed E-state index contributed by atoms with van der Waals surface area (Å²) in [4.78, 5) is 21.5. The molecule has 1 aromatic carbocycles. The van der Waals surface area contributed by atoms with Gasteiger partial charge in [0.1, 0.15) is 0 Å².